The third kappa shape index (κ3) is 2.46. The topological polar surface area (TPSA) is 20.2 Å². The van der Waals surface area contributed by atoms with E-state index in [1.54, 1.807) is 12.1 Å². The first-order valence-electron chi connectivity index (χ1n) is 13.3. The molecule has 0 heterocycles. The quantitative estimate of drug-likeness (QED) is 0.496. The van der Waals surface area contributed by atoms with Crippen LogP contribution in [0.15, 0.2) is 18.2 Å². The lowest BCUT2D eigenvalue weighted by Gasteiger charge is -2.78. The lowest BCUT2D eigenvalue weighted by Crippen LogP contribution is -2.69. The van der Waals surface area contributed by atoms with Crippen LogP contribution in [0.1, 0.15) is 110 Å². The van der Waals surface area contributed by atoms with E-state index < -0.39 is 5.82 Å². The summed E-state index contributed by atoms with van der Waals surface area (Å²) in [7, 11) is 0. The van der Waals surface area contributed by atoms with Crippen LogP contribution in [0.5, 0.6) is 5.75 Å². The molecule has 4 atom stereocenters. The number of hydrogen-bond donors (Lipinski definition) is 1. The minimum Gasteiger partial charge on any atom is -0.505 e. The maximum Gasteiger partial charge on any atom is 0.165 e. The van der Waals surface area contributed by atoms with Crippen molar-refractivity contribution < 1.29 is 9.50 Å². The van der Waals surface area contributed by atoms with Crippen molar-refractivity contribution in [3.05, 3.63) is 29.6 Å². The van der Waals surface area contributed by atoms with Crippen molar-refractivity contribution in [3.8, 4) is 5.75 Å². The molecule has 1 N–H and O–H groups in total. The van der Waals surface area contributed by atoms with Gasteiger partial charge in [-0.15, -0.1) is 0 Å². The second-order valence-corrected chi connectivity index (χ2v) is 15.8. The van der Waals surface area contributed by atoms with Gasteiger partial charge < -0.3 is 5.11 Å². The molecule has 9 rings (SSSR count). The zero-order valence-electron chi connectivity index (χ0n) is 20.6. The van der Waals surface area contributed by atoms with Crippen molar-refractivity contribution in [1.82, 2.24) is 0 Å². The molecule has 8 aliphatic carbocycles. The van der Waals surface area contributed by atoms with Gasteiger partial charge >= 0.3 is 0 Å². The smallest absolute Gasteiger partial charge is 0.165 e. The Morgan fingerprint density at radius 1 is 0.688 bits per heavy atom. The summed E-state index contributed by atoms with van der Waals surface area (Å²) >= 11 is 0. The van der Waals surface area contributed by atoms with Crippen molar-refractivity contribution in [2.45, 2.75) is 110 Å². The number of phenols is 1. The van der Waals surface area contributed by atoms with Crippen LogP contribution >= 0.6 is 0 Å². The number of phenolic OH excluding ortho intramolecular Hbond substituents is 1. The van der Waals surface area contributed by atoms with Gasteiger partial charge in [-0.05, 0) is 139 Å². The second-order valence-electron chi connectivity index (χ2n) is 15.8. The van der Waals surface area contributed by atoms with Crippen molar-refractivity contribution in [3.63, 3.8) is 0 Å². The van der Waals surface area contributed by atoms with E-state index in [9.17, 15) is 9.50 Å². The summed E-state index contributed by atoms with van der Waals surface area (Å²) in [4.78, 5) is 0. The summed E-state index contributed by atoms with van der Waals surface area (Å²) in [5.41, 5.74) is 3.95. The van der Waals surface area contributed by atoms with E-state index in [-0.39, 0.29) is 11.2 Å². The van der Waals surface area contributed by atoms with Crippen LogP contribution in [0.25, 0.3) is 0 Å². The van der Waals surface area contributed by atoms with Gasteiger partial charge in [0.25, 0.3) is 0 Å². The summed E-state index contributed by atoms with van der Waals surface area (Å²) in [5.74, 6) is 0.293. The minimum absolute atomic E-state index is 0.0813. The molecule has 174 valence electrons. The Morgan fingerprint density at radius 2 is 1.25 bits per heavy atom. The Bertz CT molecular complexity index is 988. The summed E-state index contributed by atoms with van der Waals surface area (Å²) in [6.07, 6.45) is 16.5. The molecule has 0 aliphatic heterocycles. The minimum atomic E-state index is -0.433. The van der Waals surface area contributed by atoms with E-state index in [1.165, 1.54) is 82.6 Å². The number of halogens is 1. The molecule has 0 radical (unpaired) electrons. The van der Waals surface area contributed by atoms with Crippen LogP contribution in [0.4, 0.5) is 4.39 Å². The molecule has 8 saturated carbocycles. The van der Waals surface area contributed by atoms with Crippen LogP contribution in [0.2, 0.25) is 0 Å². The summed E-state index contributed by atoms with van der Waals surface area (Å²) < 4.78 is 14.6. The van der Waals surface area contributed by atoms with Gasteiger partial charge in [-0.1, -0.05) is 33.8 Å². The van der Waals surface area contributed by atoms with Gasteiger partial charge in [-0.25, -0.2) is 4.39 Å². The van der Waals surface area contributed by atoms with Crippen LogP contribution in [-0.4, -0.2) is 5.11 Å². The van der Waals surface area contributed by atoms with Gasteiger partial charge in [0.05, 0.1) is 0 Å². The van der Waals surface area contributed by atoms with Crippen LogP contribution in [-0.2, 0) is 5.41 Å². The molecule has 2 heteroatoms. The normalized spacial score (nSPS) is 57.3. The van der Waals surface area contributed by atoms with Crippen molar-refractivity contribution >= 4 is 0 Å². The second kappa shape index (κ2) is 5.44. The highest BCUT2D eigenvalue weighted by Crippen LogP contribution is 2.83. The fourth-order valence-electron chi connectivity index (χ4n) is 13.4. The Balaban J connectivity index is 1.40. The predicted octanol–water partition coefficient (Wildman–Crippen LogP) is 8.15. The van der Waals surface area contributed by atoms with E-state index in [4.69, 9.17) is 0 Å². The molecule has 1 aromatic rings. The molecule has 0 amide bonds. The highest BCUT2D eigenvalue weighted by atomic mass is 19.1. The summed E-state index contributed by atoms with van der Waals surface area (Å²) in [5, 5.41) is 9.91. The van der Waals surface area contributed by atoms with E-state index >= 15 is 0 Å². The molecular formula is C30H41FO. The van der Waals surface area contributed by atoms with Gasteiger partial charge in [-0.3, -0.25) is 0 Å². The molecule has 0 aromatic heterocycles. The van der Waals surface area contributed by atoms with E-state index in [0.29, 0.717) is 32.5 Å². The maximum atomic E-state index is 14.6. The van der Waals surface area contributed by atoms with E-state index in [2.05, 4.69) is 33.8 Å². The average Bonchev–Trinajstić information content (AvgIpc) is 2.57. The van der Waals surface area contributed by atoms with Gasteiger partial charge in [-0.2, -0.15) is 0 Å². The first kappa shape index (κ1) is 20.3. The fourth-order valence-corrected chi connectivity index (χ4v) is 13.4. The van der Waals surface area contributed by atoms with E-state index in [1.807, 2.05) is 0 Å². The molecule has 0 saturated heterocycles. The van der Waals surface area contributed by atoms with Gasteiger partial charge in [0.1, 0.15) is 0 Å². The van der Waals surface area contributed by atoms with Gasteiger partial charge in [0.2, 0.25) is 0 Å². The van der Waals surface area contributed by atoms with Crippen molar-refractivity contribution in [2.24, 2.45) is 38.4 Å². The Kier molecular flexibility index (Phi) is 3.45. The molecule has 1 aromatic carbocycles. The molecule has 8 bridgehead atoms. The average molecular weight is 437 g/mol. The van der Waals surface area contributed by atoms with Crippen molar-refractivity contribution in [1.29, 1.82) is 0 Å². The molecule has 1 nitrogen and oxygen atoms in total. The largest absolute Gasteiger partial charge is 0.505 e. The zero-order chi connectivity index (χ0) is 22.4. The summed E-state index contributed by atoms with van der Waals surface area (Å²) in [6.45, 7) is 10.4. The molecule has 32 heavy (non-hydrogen) atoms. The maximum absolute atomic E-state index is 14.6. The Hall–Kier alpha value is -1.05. The van der Waals surface area contributed by atoms with Crippen LogP contribution in [0, 0.1) is 44.2 Å². The molecular weight excluding hydrogens is 395 g/mol. The monoisotopic (exact) mass is 436 g/mol. The van der Waals surface area contributed by atoms with Crippen molar-refractivity contribution in [2.75, 3.05) is 0 Å². The summed E-state index contributed by atoms with van der Waals surface area (Å²) in [6, 6.07) is 5.38. The fraction of sp³-hybridized carbons (Fsp3) is 0.800. The van der Waals surface area contributed by atoms with E-state index in [0.717, 1.165) is 5.92 Å². The number of aromatic hydroxyl groups is 1. The molecule has 8 fully saturated rings. The number of hydrogen-bond acceptors (Lipinski definition) is 1. The third-order valence-corrected chi connectivity index (χ3v) is 11.9. The number of benzene rings is 1. The highest BCUT2D eigenvalue weighted by molar-refractivity contribution is 5.38. The molecule has 4 unspecified atom stereocenters. The van der Waals surface area contributed by atoms with Gasteiger partial charge in [0, 0.05) is 0 Å². The zero-order valence-corrected chi connectivity index (χ0v) is 20.6. The van der Waals surface area contributed by atoms with Crippen LogP contribution < -0.4 is 0 Å². The first-order chi connectivity index (χ1) is 14.8. The standard InChI is InChI=1S/C30H41FO/c1-24-8-20-9-25(2,11-24)16-29(10-20,15-24)30-17-26(3)12-27(4,18-30)14-28(13-26,19-30)21-5-6-23(32)22(31)7-21/h5-7,20,32H,8-19H2,1-4H3. The highest BCUT2D eigenvalue weighted by Gasteiger charge is 2.74. The third-order valence-electron chi connectivity index (χ3n) is 11.9. The first-order valence-corrected chi connectivity index (χ1v) is 13.3. The predicted molar refractivity (Wildman–Crippen MR) is 126 cm³/mol. The lowest BCUT2D eigenvalue weighted by molar-refractivity contribution is -0.270. The van der Waals surface area contributed by atoms with Crippen LogP contribution in [0.3, 0.4) is 0 Å². The molecule has 0 spiro atoms. The Morgan fingerprint density at radius 3 is 1.81 bits per heavy atom. The van der Waals surface area contributed by atoms with Gasteiger partial charge in [0.15, 0.2) is 11.6 Å². The Labute approximate surface area is 193 Å². The number of rotatable bonds is 2. The molecule has 8 aliphatic rings. The lowest BCUT2D eigenvalue weighted by atomic mass is 9.26. The SMILES string of the molecule is CC12CC3CC(C)(C1)CC(C14CC5(C)CC(C)(CC(c6ccc(O)c(F)c6)(C5)C1)C4)(C3)C2.